The van der Waals surface area contributed by atoms with Gasteiger partial charge in [0, 0.05) is 24.9 Å². The van der Waals surface area contributed by atoms with Gasteiger partial charge in [0.1, 0.15) is 5.75 Å². The molecule has 150 valence electrons. The second-order valence-corrected chi connectivity index (χ2v) is 8.47. The van der Waals surface area contributed by atoms with Gasteiger partial charge in [0.15, 0.2) is 0 Å². The fourth-order valence-electron chi connectivity index (χ4n) is 2.26. The summed E-state index contributed by atoms with van der Waals surface area (Å²) >= 11 is 5.35. The normalized spacial score (nSPS) is 15.5. The Bertz CT molecular complexity index is 681. The lowest BCUT2D eigenvalue weighted by molar-refractivity contribution is 0.0279. The summed E-state index contributed by atoms with van der Waals surface area (Å²) < 4.78 is 21.9. The molecule has 0 bridgehead atoms. The second kappa shape index (κ2) is 10.7. The molecular weight excluding hydrogens is 391 g/mol. The molecule has 1 aliphatic rings. The zero-order valence-corrected chi connectivity index (χ0v) is 17.5. The largest absolute Gasteiger partial charge is 0.436 e. The zero-order valence-electron chi connectivity index (χ0n) is 15.8. The third kappa shape index (κ3) is 6.86. The number of hydrogen-bond donors (Lipinski definition) is 0. The van der Waals surface area contributed by atoms with Crippen LogP contribution in [0.1, 0.15) is 26.3 Å². The summed E-state index contributed by atoms with van der Waals surface area (Å²) in [6.07, 6.45) is -0.480. The summed E-state index contributed by atoms with van der Waals surface area (Å²) in [6, 6.07) is 7.09. The Morgan fingerprint density at radius 3 is 2.33 bits per heavy atom. The molecule has 2 rings (SSSR count). The van der Waals surface area contributed by atoms with Crippen molar-refractivity contribution in [2.45, 2.75) is 20.8 Å². The number of oxime groups is 1. The molecule has 1 aromatic rings. The van der Waals surface area contributed by atoms with Gasteiger partial charge in [0.05, 0.1) is 32.1 Å². The Morgan fingerprint density at radius 2 is 1.78 bits per heavy atom. The van der Waals surface area contributed by atoms with E-state index < -0.39 is 12.8 Å². The predicted octanol–water partition coefficient (Wildman–Crippen LogP) is 3.56. The molecule has 1 amide bonds. The van der Waals surface area contributed by atoms with Crippen LogP contribution < -0.4 is 4.52 Å². The van der Waals surface area contributed by atoms with Gasteiger partial charge >= 0.3 is 12.8 Å². The van der Waals surface area contributed by atoms with E-state index in [-0.39, 0.29) is 0 Å². The highest BCUT2D eigenvalue weighted by atomic mass is 32.5. The average Bonchev–Trinajstić information content (AvgIpc) is 2.67. The van der Waals surface area contributed by atoms with E-state index in [4.69, 9.17) is 35.0 Å². The van der Waals surface area contributed by atoms with Crippen LogP contribution in [0.5, 0.6) is 5.75 Å². The lowest BCUT2D eigenvalue weighted by atomic mass is 10.1. The molecule has 0 aliphatic carbocycles. The Labute approximate surface area is 164 Å². The molecule has 1 aromatic carbocycles. The highest BCUT2D eigenvalue weighted by Crippen LogP contribution is 2.49. The van der Waals surface area contributed by atoms with Crippen molar-refractivity contribution in [1.82, 2.24) is 4.90 Å². The third-order valence-corrected chi connectivity index (χ3v) is 6.03. The lowest BCUT2D eigenvalue weighted by Gasteiger charge is -2.24. The Morgan fingerprint density at radius 1 is 1.19 bits per heavy atom. The van der Waals surface area contributed by atoms with Crippen LogP contribution in [0.25, 0.3) is 0 Å². The van der Waals surface area contributed by atoms with Gasteiger partial charge in [-0.05, 0) is 50.6 Å². The summed E-state index contributed by atoms with van der Waals surface area (Å²) in [6.45, 7) is 5.48. The molecule has 0 aromatic heterocycles. The Kier molecular flexibility index (Phi) is 8.66. The SMILES string of the molecule is CCOP(=S)(OCC)Oc1ccc(/C(C)=N\OC(=O)N2CCOCC2)cc1. The third-order valence-electron chi connectivity index (χ3n) is 3.59. The molecule has 1 aliphatic heterocycles. The van der Waals surface area contributed by atoms with Crippen LogP contribution >= 0.6 is 6.72 Å². The quantitative estimate of drug-likeness (QED) is 0.277. The van der Waals surface area contributed by atoms with E-state index in [1.807, 2.05) is 13.8 Å². The number of morpholine rings is 1. The van der Waals surface area contributed by atoms with Crippen molar-refractivity contribution >= 4 is 30.3 Å². The lowest BCUT2D eigenvalue weighted by Crippen LogP contribution is -2.40. The minimum Gasteiger partial charge on any atom is -0.424 e. The molecule has 10 heteroatoms. The molecule has 0 spiro atoms. The van der Waals surface area contributed by atoms with Crippen molar-refractivity contribution < 1.29 is 27.9 Å². The Balaban J connectivity index is 1.96. The van der Waals surface area contributed by atoms with Gasteiger partial charge in [0.2, 0.25) is 0 Å². The zero-order chi connectivity index (χ0) is 19.7. The fraction of sp³-hybridized carbons (Fsp3) is 0.529. The van der Waals surface area contributed by atoms with Crippen molar-refractivity contribution in [3.8, 4) is 5.75 Å². The number of carbonyl (C=O) groups is 1. The van der Waals surface area contributed by atoms with Gasteiger partial charge < -0.3 is 14.2 Å². The molecule has 0 saturated carbocycles. The van der Waals surface area contributed by atoms with Crippen molar-refractivity contribution in [2.24, 2.45) is 5.16 Å². The van der Waals surface area contributed by atoms with E-state index >= 15 is 0 Å². The summed E-state index contributed by atoms with van der Waals surface area (Å²) in [4.78, 5) is 18.5. The Hall–Kier alpha value is -1.51. The number of hydrogen-bond acceptors (Lipinski definition) is 8. The molecule has 1 saturated heterocycles. The maximum absolute atomic E-state index is 12.0. The monoisotopic (exact) mass is 416 g/mol. The molecule has 0 unspecified atom stereocenters. The van der Waals surface area contributed by atoms with E-state index in [2.05, 4.69) is 5.16 Å². The van der Waals surface area contributed by atoms with Gasteiger partial charge in [-0.15, -0.1) is 0 Å². The maximum Gasteiger partial charge on any atom is 0.436 e. The van der Waals surface area contributed by atoms with Crippen LogP contribution in [0.4, 0.5) is 4.79 Å². The molecule has 27 heavy (non-hydrogen) atoms. The second-order valence-electron chi connectivity index (χ2n) is 5.53. The standard InChI is InChI=1S/C17H25N2O6PS/c1-4-22-26(27,23-5-2)25-16-8-6-15(7-9-16)14(3)18-24-17(20)19-10-12-21-13-11-19/h6-9H,4-5,10-13H2,1-3H3/b18-14-. The summed E-state index contributed by atoms with van der Waals surface area (Å²) in [5.41, 5.74) is 1.36. The van der Waals surface area contributed by atoms with Crippen LogP contribution in [-0.2, 0) is 30.4 Å². The van der Waals surface area contributed by atoms with E-state index in [0.29, 0.717) is 51.0 Å². The molecule has 0 N–H and O–H groups in total. The fourth-order valence-corrected chi connectivity index (χ4v) is 4.34. The first-order chi connectivity index (χ1) is 13.0. The van der Waals surface area contributed by atoms with Crippen LogP contribution in [0.2, 0.25) is 0 Å². The van der Waals surface area contributed by atoms with Crippen molar-refractivity contribution in [2.75, 3.05) is 39.5 Å². The minimum atomic E-state index is -2.80. The number of amides is 1. The smallest absolute Gasteiger partial charge is 0.424 e. The van der Waals surface area contributed by atoms with E-state index in [1.54, 1.807) is 36.1 Å². The van der Waals surface area contributed by atoms with Gasteiger partial charge in [-0.2, -0.15) is 0 Å². The summed E-state index contributed by atoms with van der Waals surface area (Å²) in [5, 5.41) is 3.91. The molecule has 0 atom stereocenters. The molecule has 1 fully saturated rings. The number of ether oxygens (including phenoxy) is 1. The first kappa shape index (κ1) is 21.8. The van der Waals surface area contributed by atoms with Crippen LogP contribution in [0, 0.1) is 0 Å². The summed E-state index contributed by atoms with van der Waals surface area (Å²) in [5.74, 6) is 0.544. The van der Waals surface area contributed by atoms with Crippen LogP contribution in [0.15, 0.2) is 29.4 Å². The van der Waals surface area contributed by atoms with E-state index in [9.17, 15) is 4.79 Å². The minimum absolute atomic E-state index is 0.412. The number of rotatable bonds is 8. The maximum atomic E-state index is 12.0. The van der Waals surface area contributed by atoms with Gasteiger partial charge in [-0.25, -0.2) is 4.79 Å². The first-order valence-electron chi connectivity index (χ1n) is 8.75. The molecule has 8 nitrogen and oxygen atoms in total. The average molecular weight is 416 g/mol. The van der Waals surface area contributed by atoms with Crippen molar-refractivity contribution in [3.05, 3.63) is 29.8 Å². The van der Waals surface area contributed by atoms with Crippen LogP contribution in [-0.4, -0.2) is 56.2 Å². The molecule has 0 radical (unpaired) electrons. The highest BCUT2D eigenvalue weighted by Gasteiger charge is 2.21. The summed E-state index contributed by atoms with van der Waals surface area (Å²) in [7, 11) is 0. The van der Waals surface area contributed by atoms with Crippen molar-refractivity contribution in [1.29, 1.82) is 0 Å². The van der Waals surface area contributed by atoms with E-state index in [0.717, 1.165) is 5.56 Å². The molecular formula is C17H25N2O6PS. The number of carbonyl (C=O) groups excluding carboxylic acids is 1. The van der Waals surface area contributed by atoms with Crippen molar-refractivity contribution in [3.63, 3.8) is 0 Å². The van der Waals surface area contributed by atoms with Gasteiger partial charge in [-0.3, -0.25) is 13.9 Å². The highest BCUT2D eigenvalue weighted by molar-refractivity contribution is 8.07. The molecule has 1 heterocycles. The van der Waals surface area contributed by atoms with E-state index in [1.165, 1.54) is 0 Å². The van der Waals surface area contributed by atoms with Gasteiger partial charge in [0.25, 0.3) is 0 Å². The number of nitrogens with zero attached hydrogens (tertiary/aromatic N) is 2. The predicted molar refractivity (Wildman–Crippen MR) is 106 cm³/mol. The first-order valence-corrected chi connectivity index (χ1v) is 11.3. The van der Waals surface area contributed by atoms with Gasteiger partial charge in [-0.1, -0.05) is 5.16 Å². The number of benzene rings is 1. The van der Waals surface area contributed by atoms with Crippen LogP contribution in [0.3, 0.4) is 0 Å². The topological polar surface area (TPSA) is 78.8 Å².